The topological polar surface area (TPSA) is 98.2 Å². The van der Waals surface area contributed by atoms with Crippen LogP contribution in [-0.4, -0.2) is 36.0 Å². The number of ether oxygens (including phenoxy) is 3. The van der Waals surface area contributed by atoms with Gasteiger partial charge in [0.2, 0.25) is 0 Å². The Morgan fingerprint density at radius 3 is 2.44 bits per heavy atom. The molecule has 8 nitrogen and oxygen atoms in total. The average molecular weight is 543 g/mol. The summed E-state index contributed by atoms with van der Waals surface area (Å²) in [5.74, 6) is -0.347. The first kappa shape index (κ1) is 26.0. The summed E-state index contributed by atoms with van der Waals surface area (Å²) in [6, 6.07) is 19.0. The van der Waals surface area contributed by atoms with Crippen LogP contribution in [0.2, 0.25) is 0 Å². The molecule has 0 bridgehead atoms. The number of anilines is 1. The van der Waals surface area contributed by atoms with Crippen molar-refractivity contribution in [2.75, 3.05) is 19.1 Å². The van der Waals surface area contributed by atoms with Crippen LogP contribution in [0.1, 0.15) is 28.3 Å². The van der Waals surface area contributed by atoms with Crippen LogP contribution in [0, 0.1) is 6.92 Å². The van der Waals surface area contributed by atoms with Gasteiger partial charge in [-0.1, -0.05) is 35.9 Å². The Morgan fingerprint density at radius 2 is 1.77 bits per heavy atom. The van der Waals surface area contributed by atoms with Crippen LogP contribution >= 0.6 is 11.3 Å². The SMILES string of the molecule is COc1ccc(C2/C(=C(/O)c3ccc(OCc4cccc(C)c4)cc3)C(=O)C(=O)N2c2nccs2)cc1OC. The fourth-order valence-corrected chi connectivity index (χ4v) is 5.20. The van der Waals surface area contributed by atoms with E-state index in [1.807, 2.05) is 25.1 Å². The van der Waals surface area contributed by atoms with Gasteiger partial charge in [0.25, 0.3) is 5.78 Å². The van der Waals surface area contributed by atoms with Gasteiger partial charge in [-0.2, -0.15) is 0 Å². The number of hydrogen-bond acceptors (Lipinski definition) is 8. The van der Waals surface area contributed by atoms with Gasteiger partial charge in [0, 0.05) is 17.1 Å². The minimum absolute atomic E-state index is 0.0455. The van der Waals surface area contributed by atoms with Crippen LogP contribution in [0.3, 0.4) is 0 Å². The fourth-order valence-electron chi connectivity index (χ4n) is 4.54. The summed E-state index contributed by atoms with van der Waals surface area (Å²) in [5.41, 5.74) is 3.08. The number of rotatable bonds is 8. The maximum absolute atomic E-state index is 13.3. The molecule has 1 fully saturated rings. The predicted octanol–water partition coefficient (Wildman–Crippen LogP) is 5.67. The first-order chi connectivity index (χ1) is 18.9. The Bertz CT molecular complexity index is 1550. The lowest BCUT2D eigenvalue weighted by Gasteiger charge is -2.23. The second-order valence-electron chi connectivity index (χ2n) is 8.90. The lowest BCUT2D eigenvalue weighted by molar-refractivity contribution is -0.132. The summed E-state index contributed by atoms with van der Waals surface area (Å²) in [6.07, 6.45) is 1.56. The molecular weight excluding hydrogens is 516 g/mol. The van der Waals surface area contributed by atoms with E-state index < -0.39 is 17.7 Å². The molecule has 0 radical (unpaired) electrons. The first-order valence-electron chi connectivity index (χ1n) is 12.1. The first-order valence-corrected chi connectivity index (χ1v) is 13.0. The summed E-state index contributed by atoms with van der Waals surface area (Å²) in [6.45, 7) is 2.42. The van der Waals surface area contributed by atoms with Crippen molar-refractivity contribution in [3.05, 3.63) is 106 Å². The molecule has 1 N–H and O–H groups in total. The smallest absolute Gasteiger partial charge is 0.301 e. The molecule has 1 amide bonds. The Hall–Kier alpha value is -4.63. The molecule has 0 saturated carbocycles. The minimum Gasteiger partial charge on any atom is -0.507 e. The molecule has 198 valence electrons. The number of ketones is 1. The average Bonchev–Trinajstić information content (AvgIpc) is 3.58. The van der Waals surface area contributed by atoms with Crippen LogP contribution in [0.5, 0.6) is 17.2 Å². The molecule has 1 aromatic heterocycles. The molecule has 1 aliphatic heterocycles. The third-order valence-electron chi connectivity index (χ3n) is 6.41. The number of aromatic nitrogens is 1. The number of aliphatic hydroxyl groups excluding tert-OH is 1. The highest BCUT2D eigenvalue weighted by Gasteiger charge is 2.48. The number of benzene rings is 3. The van der Waals surface area contributed by atoms with Crippen molar-refractivity contribution in [3.63, 3.8) is 0 Å². The number of methoxy groups -OCH3 is 2. The van der Waals surface area contributed by atoms with Crippen LogP contribution in [0.15, 0.2) is 83.9 Å². The molecule has 3 aromatic carbocycles. The minimum atomic E-state index is -0.923. The van der Waals surface area contributed by atoms with Crippen LogP contribution in [0.25, 0.3) is 5.76 Å². The van der Waals surface area contributed by atoms with Gasteiger partial charge in [-0.3, -0.25) is 14.5 Å². The zero-order chi connectivity index (χ0) is 27.5. The van der Waals surface area contributed by atoms with Crippen LogP contribution in [0.4, 0.5) is 5.13 Å². The lowest BCUT2D eigenvalue weighted by atomic mass is 9.95. The van der Waals surface area contributed by atoms with Gasteiger partial charge >= 0.3 is 5.91 Å². The van der Waals surface area contributed by atoms with Gasteiger partial charge in [-0.25, -0.2) is 4.98 Å². The van der Waals surface area contributed by atoms with Crippen molar-refractivity contribution in [1.29, 1.82) is 0 Å². The van der Waals surface area contributed by atoms with Gasteiger partial charge in [-0.05, 0) is 54.4 Å². The predicted molar refractivity (Wildman–Crippen MR) is 148 cm³/mol. The number of carbonyl (C=O) groups is 2. The lowest BCUT2D eigenvalue weighted by Crippen LogP contribution is -2.29. The maximum Gasteiger partial charge on any atom is 0.301 e. The Balaban J connectivity index is 1.52. The van der Waals surface area contributed by atoms with E-state index in [1.54, 1.807) is 54.0 Å². The molecule has 1 atom stereocenters. The highest BCUT2D eigenvalue weighted by atomic mass is 32.1. The molecule has 5 rings (SSSR count). The summed E-state index contributed by atoms with van der Waals surface area (Å²) in [5, 5.41) is 13.4. The van der Waals surface area contributed by atoms with Gasteiger partial charge < -0.3 is 19.3 Å². The Kier molecular flexibility index (Phi) is 7.33. The number of carbonyl (C=O) groups excluding carboxylic acids is 2. The zero-order valence-corrected chi connectivity index (χ0v) is 22.4. The summed E-state index contributed by atoms with van der Waals surface area (Å²) >= 11 is 1.22. The molecule has 0 spiro atoms. The van der Waals surface area contributed by atoms with E-state index in [1.165, 1.54) is 30.5 Å². The maximum atomic E-state index is 13.3. The molecule has 1 unspecified atom stereocenters. The van der Waals surface area contributed by atoms with Gasteiger partial charge in [0.1, 0.15) is 18.1 Å². The molecule has 0 aliphatic carbocycles. The molecular formula is C30H26N2O6S. The Morgan fingerprint density at radius 1 is 1.00 bits per heavy atom. The molecule has 39 heavy (non-hydrogen) atoms. The number of hydrogen-bond donors (Lipinski definition) is 1. The van der Waals surface area contributed by atoms with Gasteiger partial charge in [-0.15, -0.1) is 11.3 Å². The van der Waals surface area contributed by atoms with Crippen molar-refractivity contribution in [3.8, 4) is 17.2 Å². The van der Waals surface area contributed by atoms with Crippen molar-refractivity contribution < 1.29 is 28.9 Å². The van der Waals surface area contributed by atoms with Crippen molar-refractivity contribution >= 4 is 33.9 Å². The van der Waals surface area contributed by atoms with E-state index >= 15 is 0 Å². The largest absolute Gasteiger partial charge is 0.507 e. The number of aliphatic hydroxyl groups is 1. The third kappa shape index (κ3) is 5.08. The summed E-state index contributed by atoms with van der Waals surface area (Å²) in [4.78, 5) is 32.1. The van der Waals surface area contributed by atoms with Crippen molar-refractivity contribution in [2.24, 2.45) is 0 Å². The van der Waals surface area contributed by atoms with Crippen molar-refractivity contribution in [1.82, 2.24) is 4.98 Å². The number of aryl methyl sites for hydroxylation is 1. The highest BCUT2D eigenvalue weighted by Crippen LogP contribution is 2.44. The quantitative estimate of drug-likeness (QED) is 0.174. The van der Waals surface area contributed by atoms with E-state index in [9.17, 15) is 14.7 Å². The van der Waals surface area contributed by atoms with Crippen LogP contribution in [-0.2, 0) is 16.2 Å². The number of thiazole rings is 1. The normalized spacial score (nSPS) is 16.4. The van der Waals surface area contributed by atoms with E-state index in [2.05, 4.69) is 11.1 Å². The van der Waals surface area contributed by atoms with E-state index in [4.69, 9.17) is 14.2 Å². The van der Waals surface area contributed by atoms with Crippen molar-refractivity contribution in [2.45, 2.75) is 19.6 Å². The molecule has 9 heteroatoms. The zero-order valence-electron chi connectivity index (χ0n) is 21.6. The number of Topliss-reactive ketones (excluding diaryl/α,β-unsaturated/α-hetero) is 1. The third-order valence-corrected chi connectivity index (χ3v) is 7.18. The summed E-state index contributed by atoms with van der Waals surface area (Å²) in [7, 11) is 3.02. The number of amides is 1. The van der Waals surface area contributed by atoms with E-state index in [-0.39, 0.29) is 11.3 Å². The highest BCUT2D eigenvalue weighted by molar-refractivity contribution is 7.14. The fraction of sp³-hybridized carbons (Fsp3) is 0.167. The van der Waals surface area contributed by atoms with E-state index in [0.717, 1.165) is 11.1 Å². The Labute approximate surface area is 229 Å². The van der Waals surface area contributed by atoms with Crippen LogP contribution < -0.4 is 19.1 Å². The molecule has 1 aliphatic rings. The second-order valence-corrected chi connectivity index (χ2v) is 9.77. The second kappa shape index (κ2) is 11.0. The molecule has 4 aromatic rings. The van der Waals surface area contributed by atoms with Gasteiger partial charge in [0.05, 0.1) is 25.8 Å². The van der Waals surface area contributed by atoms with E-state index in [0.29, 0.717) is 40.1 Å². The number of nitrogens with zero attached hydrogens (tertiary/aromatic N) is 2. The standard InChI is InChI=1S/C30H26N2O6S/c1-18-5-4-6-19(15-18)17-38-22-10-7-20(8-11-22)27(33)25-26(21-9-12-23(36-2)24(16-21)37-3)32(29(35)28(25)34)30-31-13-14-39-30/h4-16,26,33H,17H2,1-3H3/b27-25-. The molecule has 2 heterocycles. The molecule has 1 saturated heterocycles. The monoisotopic (exact) mass is 542 g/mol. The van der Waals surface area contributed by atoms with Gasteiger partial charge in [0.15, 0.2) is 16.6 Å². The summed E-state index contributed by atoms with van der Waals surface area (Å²) < 4.78 is 16.7.